The second kappa shape index (κ2) is 4.15. The molecular formula is C8H8ClN5. The van der Waals surface area contributed by atoms with E-state index in [1.807, 2.05) is 0 Å². The fourth-order valence-electron chi connectivity index (χ4n) is 1.05. The molecule has 0 unspecified atom stereocenters. The van der Waals surface area contributed by atoms with Gasteiger partial charge >= 0.3 is 0 Å². The van der Waals surface area contributed by atoms with Crippen molar-refractivity contribution in [1.82, 2.24) is 24.7 Å². The largest absolute Gasteiger partial charge is 0.245 e. The Morgan fingerprint density at radius 2 is 2.36 bits per heavy atom. The zero-order valence-electron chi connectivity index (χ0n) is 7.34. The Kier molecular flexibility index (Phi) is 2.69. The minimum Gasteiger partial charge on any atom is -0.245 e. The van der Waals surface area contributed by atoms with Crippen LogP contribution in [0.15, 0.2) is 24.9 Å². The van der Waals surface area contributed by atoms with E-state index in [1.165, 1.54) is 6.33 Å². The highest BCUT2D eigenvalue weighted by atomic mass is 35.5. The molecule has 0 saturated heterocycles. The first-order chi connectivity index (χ1) is 6.88. The Bertz CT molecular complexity index is 400. The van der Waals surface area contributed by atoms with Crippen molar-refractivity contribution in [3.8, 4) is 0 Å². The highest BCUT2D eigenvalue weighted by Gasteiger charge is 1.99. The predicted octanol–water partition coefficient (Wildman–Crippen LogP) is 0.855. The average molecular weight is 210 g/mol. The summed E-state index contributed by atoms with van der Waals surface area (Å²) < 4.78 is 1.66. The quantitative estimate of drug-likeness (QED) is 0.704. The van der Waals surface area contributed by atoms with E-state index in [1.54, 1.807) is 23.3 Å². The average Bonchev–Trinajstić information content (AvgIpc) is 2.71. The maximum absolute atomic E-state index is 5.66. The molecule has 0 spiro atoms. The van der Waals surface area contributed by atoms with Gasteiger partial charge in [-0.2, -0.15) is 5.10 Å². The molecule has 0 radical (unpaired) electrons. The lowest BCUT2D eigenvalue weighted by molar-refractivity contribution is 0.650. The van der Waals surface area contributed by atoms with Crippen LogP contribution in [0.5, 0.6) is 0 Å². The van der Waals surface area contributed by atoms with Crippen LogP contribution in [0.2, 0.25) is 0 Å². The van der Waals surface area contributed by atoms with Crippen LogP contribution in [0, 0.1) is 0 Å². The first kappa shape index (κ1) is 9.08. The first-order valence-corrected chi connectivity index (χ1v) is 4.61. The van der Waals surface area contributed by atoms with Gasteiger partial charge in [-0.15, -0.1) is 11.6 Å². The number of alkyl halides is 1. The smallest absolute Gasteiger partial charge is 0.150 e. The van der Waals surface area contributed by atoms with Crippen molar-refractivity contribution in [2.24, 2.45) is 0 Å². The summed E-state index contributed by atoms with van der Waals surface area (Å²) >= 11 is 5.66. The second-order valence-corrected chi connectivity index (χ2v) is 2.96. The standard InChI is InChI=1S/C8H8ClN5/c9-3-7-1-2-11-8(13-7)4-14-6-10-5-12-14/h1-2,5-6H,3-4H2. The summed E-state index contributed by atoms with van der Waals surface area (Å²) in [5.41, 5.74) is 0.816. The normalized spacial score (nSPS) is 10.4. The van der Waals surface area contributed by atoms with E-state index in [4.69, 9.17) is 11.6 Å². The Labute approximate surface area is 85.8 Å². The fourth-order valence-corrected chi connectivity index (χ4v) is 1.20. The molecule has 0 N–H and O–H groups in total. The molecule has 0 aliphatic rings. The van der Waals surface area contributed by atoms with Gasteiger partial charge in [-0.1, -0.05) is 0 Å². The van der Waals surface area contributed by atoms with Crippen LogP contribution in [0.4, 0.5) is 0 Å². The van der Waals surface area contributed by atoms with Crippen molar-refractivity contribution in [3.63, 3.8) is 0 Å². The summed E-state index contributed by atoms with van der Waals surface area (Å²) in [7, 11) is 0. The molecule has 0 bridgehead atoms. The maximum atomic E-state index is 5.66. The summed E-state index contributed by atoms with van der Waals surface area (Å²) in [6.07, 6.45) is 4.79. The molecule has 5 nitrogen and oxygen atoms in total. The number of hydrogen-bond donors (Lipinski definition) is 0. The van der Waals surface area contributed by atoms with Gasteiger partial charge in [0, 0.05) is 6.20 Å². The van der Waals surface area contributed by atoms with Gasteiger partial charge in [-0.25, -0.2) is 19.6 Å². The summed E-state index contributed by atoms with van der Waals surface area (Å²) in [5.74, 6) is 1.08. The van der Waals surface area contributed by atoms with Crippen molar-refractivity contribution < 1.29 is 0 Å². The van der Waals surface area contributed by atoms with E-state index in [0.717, 1.165) is 5.69 Å². The molecular weight excluding hydrogens is 202 g/mol. The molecule has 6 heteroatoms. The number of rotatable bonds is 3. The second-order valence-electron chi connectivity index (χ2n) is 2.69. The first-order valence-electron chi connectivity index (χ1n) is 4.07. The zero-order chi connectivity index (χ0) is 9.80. The highest BCUT2D eigenvalue weighted by Crippen LogP contribution is 2.00. The Morgan fingerprint density at radius 3 is 3.07 bits per heavy atom. The molecule has 0 aromatic carbocycles. The van der Waals surface area contributed by atoms with E-state index >= 15 is 0 Å². The van der Waals surface area contributed by atoms with Gasteiger partial charge < -0.3 is 0 Å². The van der Waals surface area contributed by atoms with Crippen molar-refractivity contribution in [2.45, 2.75) is 12.4 Å². The van der Waals surface area contributed by atoms with Crippen LogP contribution in [0.25, 0.3) is 0 Å². The molecule has 14 heavy (non-hydrogen) atoms. The van der Waals surface area contributed by atoms with Crippen molar-refractivity contribution >= 4 is 11.6 Å². The van der Waals surface area contributed by atoms with Gasteiger partial charge in [0.15, 0.2) is 0 Å². The SMILES string of the molecule is ClCc1ccnc(Cn2cncn2)n1. The number of nitrogens with zero attached hydrogens (tertiary/aromatic N) is 5. The van der Waals surface area contributed by atoms with Gasteiger partial charge in [0.1, 0.15) is 25.0 Å². The lowest BCUT2D eigenvalue weighted by Crippen LogP contribution is -2.05. The Morgan fingerprint density at radius 1 is 1.43 bits per heavy atom. The van der Waals surface area contributed by atoms with Gasteiger partial charge in [-0.05, 0) is 6.07 Å². The van der Waals surface area contributed by atoms with Gasteiger partial charge in [0.05, 0.1) is 11.6 Å². The van der Waals surface area contributed by atoms with E-state index in [-0.39, 0.29) is 0 Å². The Hall–Kier alpha value is -1.49. The highest BCUT2D eigenvalue weighted by molar-refractivity contribution is 6.16. The number of aromatic nitrogens is 5. The molecule has 72 valence electrons. The van der Waals surface area contributed by atoms with E-state index in [2.05, 4.69) is 20.1 Å². The van der Waals surface area contributed by atoms with Crippen LogP contribution in [0.1, 0.15) is 11.5 Å². The number of hydrogen-bond acceptors (Lipinski definition) is 4. The Balaban J connectivity index is 2.17. The third kappa shape index (κ3) is 2.05. The third-order valence-electron chi connectivity index (χ3n) is 1.67. The van der Waals surface area contributed by atoms with Crippen molar-refractivity contribution in [2.75, 3.05) is 0 Å². The van der Waals surface area contributed by atoms with E-state index in [0.29, 0.717) is 18.2 Å². The molecule has 2 aromatic rings. The van der Waals surface area contributed by atoms with E-state index < -0.39 is 0 Å². The monoisotopic (exact) mass is 209 g/mol. The van der Waals surface area contributed by atoms with Crippen molar-refractivity contribution in [3.05, 3.63) is 36.4 Å². The lowest BCUT2D eigenvalue weighted by Gasteiger charge is -2.00. The topological polar surface area (TPSA) is 56.5 Å². The number of halogens is 1. The minimum absolute atomic E-state index is 0.396. The van der Waals surface area contributed by atoms with Crippen LogP contribution in [0.3, 0.4) is 0 Å². The molecule has 2 rings (SSSR count). The van der Waals surface area contributed by atoms with E-state index in [9.17, 15) is 0 Å². The minimum atomic E-state index is 0.396. The predicted molar refractivity (Wildman–Crippen MR) is 50.7 cm³/mol. The molecule has 0 atom stereocenters. The lowest BCUT2D eigenvalue weighted by atomic mass is 10.4. The van der Waals surface area contributed by atoms with Gasteiger partial charge in [-0.3, -0.25) is 0 Å². The summed E-state index contributed by atoms with van der Waals surface area (Å²) in [4.78, 5) is 12.2. The van der Waals surface area contributed by atoms with Crippen LogP contribution >= 0.6 is 11.6 Å². The zero-order valence-corrected chi connectivity index (χ0v) is 8.09. The molecule has 0 aliphatic heterocycles. The molecule has 0 aliphatic carbocycles. The third-order valence-corrected chi connectivity index (χ3v) is 1.94. The fraction of sp³-hybridized carbons (Fsp3) is 0.250. The molecule has 0 fully saturated rings. The summed E-state index contributed by atoms with van der Waals surface area (Å²) in [5, 5.41) is 3.96. The van der Waals surface area contributed by atoms with Gasteiger partial charge in [0.25, 0.3) is 0 Å². The molecule has 2 aromatic heterocycles. The molecule has 0 amide bonds. The molecule has 0 saturated carbocycles. The van der Waals surface area contributed by atoms with Crippen LogP contribution in [-0.2, 0) is 12.4 Å². The summed E-state index contributed by atoms with van der Waals surface area (Å²) in [6, 6.07) is 1.79. The molecule has 2 heterocycles. The van der Waals surface area contributed by atoms with Gasteiger partial charge in [0.2, 0.25) is 0 Å². The van der Waals surface area contributed by atoms with Crippen LogP contribution < -0.4 is 0 Å². The summed E-state index contributed by atoms with van der Waals surface area (Å²) in [6.45, 7) is 0.519. The van der Waals surface area contributed by atoms with Crippen LogP contribution in [-0.4, -0.2) is 24.7 Å². The van der Waals surface area contributed by atoms with Crippen molar-refractivity contribution in [1.29, 1.82) is 0 Å². The maximum Gasteiger partial charge on any atom is 0.150 e.